The summed E-state index contributed by atoms with van der Waals surface area (Å²) in [7, 11) is 0. The summed E-state index contributed by atoms with van der Waals surface area (Å²) in [6.07, 6.45) is 4.30. The third-order valence-electron chi connectivity index (χ3n) is 3.63. The van der Waals surface area contributed by atoms with E-state index in [1.165, 1.54) is 5.56 Å². The molecule has 0 saturated carbocycles. The van der Waals surface area contributed by atoms with Gasteiger partial charge in [0.1, 0.15) is 6.61 Å². The molecule has 0 aliphatic rings. The van der Waals surface area contributed by atoms with Crippen molar-refractivity contribution in [3.8, 4) is 0 Å². The monoisotopic (exact) mass is 306 g/mol. The van der Waals surface area contributed by atoms with Crippen molar-refractivity contribution in [2.45, 2.75) is 20.0 Å². The molecule has 1 aromatic heterocycles. The van der Waals surface area contributed by atoms with Gasteiger partial charge in [-0.3, -0.25) is 0 Å². The molecule has 116 valence electrons. The van der Waals surface area contributed by atoms with E-state index in [9.17, 15) is 4.79 Å². The van der Waals surface area contributed by atoms with Crippen LogP contribution in [0.2, 0.25) is 0 Å². The molecule has 4 heteroatoms. The largest absolute Gasteiger partial charge is 0.457 e. The number of ether oxygens (including phenoxy) is 1. The maximum absolute atomic E-state index is 12.0. The van der Waals surface area contributed by atoms with Gasteiger partial charge < -0.3 is 9.72 Å². The van der Waals surface area contributed by atoms with Crippen LogP contribution in [0.5, 0.6) is 0 Å². The first-order chi connectivity index (χ1) is 11.2. The smallest absolute Gasteiger partial charge is 0.338 e. The molecular weight excluding hydrogens is 288 g/mol. The first-order valence-electron chi connectivity index (χ1n) is 7.49. The SMILES string of the molecule is Cc1ccc(C(=O)OCc2ccc(Cc3cnc[nH]3)cc2)cc1. The molecule has 3 aromatic rings. The molecule has 2 aromatic carbocycles. The summed E-state index contributed by atoms with van der Waals surface area (Å²) in [5.74, 6) is -0.300. The number of hydrogen-bond acceptors (Lipinski definition) is 3. The van der Waals surface area contributed by atoms with E-state index in [1.54, 1.807) is 18.5 Å². The van der Waals surface area contributed by atoms with Crippen LogP contribution >= 0.6 is 0 Å². The second-order valence-corrected chi connectivity index (χ2v) is 5.51. The third-order valence-corrected chi connectivity index (χ3v) is 3.63. The zero-order valence-electron chi connectivity index (χ0n) is 13.0. The number of hydrogen-bond donors (Lipinski definition) is 1. The second kappa shape index (κ2) is 6.92. The van der Waals surface area contributed by atoms with Crippen molar-refractivity contribution < 1.29 is 9.53 Å². The highest BCUT2D eigenvalue weighted by Gasteiger charge is 2.07. The van der Waals surface area contributed by atoms with Crippen LogP contribution in [0, 0.1) is 6.92 Å². The van der Waals surface area contributed by atoms with Gasteiger partial charge >= 0.3 is 5.97 Å². The minimum Gasteiger partial charge on any atom is -0.457 e. The Morgan fingerprint density at radius 2 is 1.74 bits per heavy atom. The van der Waals surface area contributed by atoms with Gasteiger partial charge in [-0.2, -0.15) is 0 Å². The molecule has 0 saturated heterocycles. The van der Waals surface area contributed by atoms with Crippen LogP contribution in [0.25, 0.3) is 0 Å². The lowest BCUT2D eigenvalue weighted by molar-refractivity contribution is 0.0472. The highest BCUT2D eigenvalue weighted by molar-refractivity contribution is 5.89. The summed E-state index contributed by atoms with van der Waals surface area (Å²) < 4.78 is 5.34. The lowest BCUT2D eigenvalue weighted by atomic mass is 10.1. The average molecular weight is 306 g/mol. The Kier molecular flexibility index (Phi) is 4.52. The van der Waals surface area contributed by atoms with Gasteiger partial charge in [0.25, 0.3) is 0 Å². The zero-order valence-corrected chi connectivity index (χ0v) is 13.0. The lowest BCUT2D eigenvalue weighted by Crippen LogP contribution is -2.05. The Morgan fingerprint density at radius 1 is 1.04 bits per heavy atom. The molecule has 0 spiro atoms. The van der Waals surface area contributed by atoms with Gasteiger partial charge in [0.2, 0.25) is 0 Å². The van der Waals surface area contributed by atoms with Gasteiger partial charge in [-0.1, -0.05) is 42.0 Å². The number of aromatic amines is 1. The van der Waals surface area contributed by atoms with E-state index < -0.39 is 0 Å². The van der Waals surface area contributed by atoms with Crippen molar-refractivity contribution in [2.24, 2.45) is 0 Å². The Labute approximate surface area is 135 Å². The summed E-state index contributed by atoms with van der Waals surface area (Å²) in [5, 5.41) is 0. The van der Waals surface area contributed by atoms with Crippen molar-refractivity contribution in [3.05, 3.63) is 89.0 Å². The molecule has 0 atom stereocenters. The maximum atomic E-state index is 12.0. The van der Waals surface area contributed by atoms with Gasteiger partial charge in [0.15, 0.2) is 0 Å². The van der Waals surface area contributed by atoms with Crippen molar-refractivity contribution in [2.75, 3.05) is 0 Å². The number of benzene rings is 2. The molecule has 0 radical (unpaired) electrons. The van der Waals surface area contributed by atoms with Crippen molar-refractivity contribution in [1.29, 1.82) is 0 Å². The maximum Gasteiger partial charge on any atom is 0.338 e. The lowest BCUT2D eigenvalue weighted by Gasteiger charge is -2.06. The van der Waals surface area contributed by atoms with E-state index in [4.69, 9.17) is 4.74 Å². The van der Waals surface area contributed by atoms with Crippen molar-refractivity contribution in [3.63, 3.8) is 0 Å². The first kappa shape index (κ1) is 15.0. The molecule has 0 unspecified atom stereocenters. The number of aryl methyl sites for hydroxylation is 1. The fourth-order valence-electron chi connectivity index (χ4n) is 2.28. The minimum atomic E-state index is -0.300. The number of aromatic nitrogens is 2. The van der Waals surface area contributed by atoms with E-state index in [2.05, 4.69) is 9.97 Å². The molecule has 4 nitrogen and oxygen atoms in total. The van der Waals surface area contributed by atoms with Gasteiger partial charge in [0.05, 0.1) is 11.9 Å². The fourth-order valence-corrected chi connectivity index (χ4v) is 2.28. The Bertz CT molecular complexity index is 760. The van der Waals surface area contributed by atoms with Crippen LogP contribution in [0.1, 0.15) is 32.7 Å². The highest BCUT2D eigenvalue weighted by Crippen LogP contribution is 2.11. The Morgan fingerprint density at radius 3 is 2.39 bits per heavy atom. The predicted octanol–water partition coefficient (Wildman–Crippen LogP) is 3.67. The van der Waals surface area contributed by atoms with Crippen molar-refractivity contribution in [1.82, 2.24) is 9.97 Å². The molecule has 0 amide bonds. The topological polar surface area (TPSA) is 55.0 Å². The van der Waals surface area contributed by atoms with Crippen LogP contribution in [0.3, 0.4) is 0 Å². The number of esters is 1. The van der Waals surface area contributed by atoms with E-state index in [0.29, 0.717) is 5.56 Å². The number of nitrogens with zero attached hydrogens (tertiary/aromatic N) is 1. The van der Waals surface area contributed by atoms with Crippen LogP contribution in [-0.2, 0) is 17.8 Å². The summed E-state index contributed by atoms with van der Waals surface area (Å²) in [5.41, 5.74) is 4.92. The first-order valence-corrected chi connectivity index (χ1v) is 7.49. The molecule has 0 bridgehead atoms. The quantitative estimate of drug-likeness (QED) is 0.732. The molecule has 3 rings (SSSR count). The number of carbonyl (C=O) groups is 1. The Balaban J connectivity index is 1.56. The highest BCUT2D eigenvalue weighted by atomic mass is 16.5. The van der Waals surface area contributed by atoms with Crippen LogP contribution in [-0.4, -0.2) is 15.9 Å². The van der Waals surface area contributed by atoms with Crippen LogP contribution < -0.4 is 0 Å². The molecule has 1 heterocycles. The summed E-state index contributed by atoms with van der Waals surface area (Å²) in [6.45, 7) is 2.26. The van der Waals surface area contributed by atoms with Gasteiger partial charge in [0, 0.05) is 18.3 Å². The van der Waals surface area contributed by atoms with E-state index >= 15 is 0 Å². The number of rotatable bonds is 5. The summed E-state index contributed by atoms with van der Waals surface area (Å²) >= 11 is 0. The number of carbonyl (C=O) groups excluding carboxylic acids is 1. The normalized spacial score (nSPS) is 10.5. The van der Waals surface area contributed by atoms with Crippen LogP contribution in [0.15, 0.2) is 61.1 Å². The summed E-state index contributed by atoms with van der Waals surface area (Å²) in [4.78, 5) is 19.1. The van der Waals surface area contributed by atoms with Gasteiger partial charge in [-0.15, -0.1) is 0 Å². The van der Waals surface area contributed by atoms with E-state index in [-0.39, 0.29) is 12.6 Å². The average Bonchev–Trinajstić information content (AvgIpc) is 3.07. The second-order valence-electron chi connectivity index (χ2n) is 5.51. The molecule has 0 aliphatic carbocycles. The van der Waals surface area contributed by atoms with Crippen molar-refractivity contribution >= 4 is 5.97 Å². The standard InChI is InChI=1S/C19H18N2O2/c1-14-2-8-17(9-3-14)19(22)23-12-16-6-4-15(5-7-16)10-18-11-20-13-21-18/h2-9,11,13H,10,12H2,1H3,(H,20,21). The molecule has 0 fully saturated rings. The predicted molar refractivity (Wildman–Crippen MR) is 88.1 cm³/mol. The van der Waals surface area contributed by atoms with E-state index in [0.717, 1.165) is 23.2 Å². The molecule has 23 heavy (non-hydrogen) atoms. The molecule has 0 aliphatic heterocycles. The molecule has 1 N–H and O–H groups in total. The number of H-pyrrole nitrogens is 1. The fraction of sp³-hybridized carbons (Fsp3) is 0.158. The van der Waals surface area contributed by atoms with E-state index in [1.807, 2.05) is 49.5 Å². The van der Waals surface area contributed by atoms with Gasteiger partial charge in [-0.25, -0.2) is 9.78 Å². The third kappa shape index (κ3) is 4.07. The number of nitrogens with one attached hydrogen (secondary N) is 1. The zero-order chi connectivity index (χ0) is 16.1. The Hall–Kier alpha value is -2.88. The summed E-state index contributed by atoms with van der Waals surface area (Å²) in [6, 6.07) is 15.4. The molecular formula is C19H18N2O2. The minimum absolute atomic E-state index is 0.275. The van der Waals surface area contributed by atoms with Gasteiger partial charge in [-0.05, 0) is 30.2 Å². The van der Waals surface area contributed by atoms with Crippen LogP contribution in [0.4, 0.5) is 0 Å². The number of imidazole rings is 1.